The Morgan fingerprint density at radius 3 is 1.87 bits per heavy atom. The molecule has 0 heterocycles. The number of methoxy groups -OCH3 is 1. The van der Waals surface area contributed by atoms with Crippen LogP contribution in [0.4, 0.5) is 17.1 Å². The molecule has 0 aliphatic carbocycles. The topological polar surface area (TPSA) is 157 Å². The minimum Gasteiger partial charge on any atom is -0.497 e. The minimum atomic E-state index is -1.08. The number of aliphatic hydroxyl groups is 4. The molecule has 1 aromatic rings. The van der Waals surface area contributed by atoms with Crippen molar-refractivity contribution >= 4 is 17.1 Å². The molecule has 23 heavy (non-hydrogen) atoms. The molecule has 1 rings (SSSR count). The smallest absolute Gasteiger partial charge is 0.315 e. The van der Waals surface area contributed by atoms with Crippen molar-refractivity contribution in [1.29, 1.82) is 0 Å². The highest BCUT2D eigenvalue weighted by Gasteiger charge is 2.23. The summed E-state index contributed by atoms with van der Waals surface area (Å²) in [4.78, 5) is 10.7. The van der Waals surface area contributed by atoms with E-state index in [9.17, 15) is 20.3 Å². The average Bonchev–Trinajstić information content (AvgIpc) is 2.56. The first-order valence-corrected chi connectivity index (χ1v) is 6.84. The van der Waals surface area contributed by atoms with Crippen molar-refractivity contribution < 1.29 is 30.1 Å². The number of hydrogen-bond donors (Lipinski definition) is 6. The fourth-order valence-corrected chi connectivity index (χ4v) is 1.78. The van der Waals surface area contributed by atoms with Crippen molar-refractivity contribution in [1.82, 2.24) is 0 Å². The molecule has 10 nitrogen and oxygen atoms in total. The molecule has 0 saturated heterocycles. The second-order valence-electron chi connectivity index (χ2n) is 4.76. The Labute approximate surface area is 132 Å². The van der Waals surface area contributed by atoms with Crippen molar-refractivity contribution in [3.63, 3.8) is 0 Å². The van der Waals surface area contributed by atoms with Gasteiger partial charge in [-0.15, -0.1) is 0 Å². The molecule has 1 aromatic carbocycles. The lowest BCUT2D eigenvalue weighted by atomic mass is 10.2. The van der Waals surface area contributed by atoms with Crippen molar-refractivity contribution in [2.75, 3.05) is 44.0 Å². The number of hydrogen-bond acceptors (Lipinski definition) is 9. The van der Waals surface area contributed by atoms with E-state index in [2.05, 4.69) is 10.6 Å². The fraction of sp³-hybridized carbons (Fsp3) is 0.538. The molecule has 2 atom stereocenters. The van der Waals surface area contributed by atoms with Crippen molar-refractivity contribution in [2.24, 2.45) is 0 Å². The summed E-state index contributed by atoms with van der Waals surface area (Å²) in [7, 11) is 1.39. The summed E-state index contributed by atoms with van der Waals surface area (Å²) in [6.07, 6.45) is -2.15. The zero-order chi connectivity index (χ0) is 17.4. The van der Waals surface area contributed by atoms with E-state index in [0.717, 1.165) is 0 Å². The van der Waals surface area contributed by atoms with Crippen LogP contribution in [0.5, 0.6) is 5.75 Å². The first-order valence-electron chi connectivity index (χ1n) is 6.84. The highest BCUT2D eigenvalue weighted by Crippen LogP contribution is 2.37. The van der Waals surface area contributed by atoms with Gasteiger partial charge in [0.2, 0.25) is 0 Å². The summed E-state index contributed by atoms with van der Waals surface area (Å²) < 4.78 is 5.07. The van der Waals surface area contributed by atoms with Crippen LogP contribution in [0, 0.1) is 10.1 Å². The maximum absolute atomic E-state index is 11.3. The third-order valence-electron chi connectivity index (χ3n) is 2.98. The molecular formula is C13H21N3O7. The number of nitrogens with zero attached hydrogens (tertiary/aromatic N) is 1. The van der Waals surface area contributed by atoms with Crippen molar-refractivity contribution in [2.45, 2.75) is 12.2 Å². The molecule has 0 fully saturated rings. The molecule has 0 aliphatic heterocycles. The van der Waals surface area contributed by atoms with Crippen LogP contribution in [0.15, 0.2) is 12.1 Å². The third kappa shape index (κ3) is 5.53. The Morgan fingerprint density at radius 1 is 1.13 bits per heavy atom. The minimum absolute atomic E-state index is 0.0860. The van der Waals surface area contributed by atoms with E-state index in [-0.39, 0.29) is 30.2 Å². The lowest BCUT2D eigenvalue weighted by Gasteiger charge is -2.16. The summed E-state index contributed by atoms with van der Waals surface area (Å²) in [5, 5.41) is 53.0. The van der Waals surface area contributed by atoms with Crippen LogP contribution in [0.3, 0.4) is 0 Å². The van der Waals surface area contributed by atoms with Gasteiger partial charge < -0.3 is 35.8 Å². The fourth-order valence-electron chi connectivity index (χ4n) is 1.78. The average molecular weight is 331 g/mol. The predicted octanol–water partition coefficient (Wildman–Crippen LogP) is -0.866. The van der Waals surface area contributed by atoms with Gasteiger partial charge in [-0.25, -0.2) is 0 Å². The second-order valence-corrected chi connectivity index (χ2v) is 4.76. The lowest BCUT2D eigenvalue weighted by Crippen LogP contribution is -2.24. The Hall–Kier alpha value is -2.14. The van der Waals surface area contributed by atoms with Gasteiger partial charge in [-0.2, -0.15) is 0 Å². The number of rotatable bonds is 10. The van der Waals surface area contributed by atoms with Crippen LogP contribution in [0.2, 0.25) is 0 Å². The summed E-state index contributed by atoms with van der Waals surface area (Å²) >= 11 is 0. The molecule has 0 radical (unpaired) electrons. The van der Waals surface area contributed by atoms with Crippen molar-refractivity contribution in [3.8, 4) is 5.75 Å². The molecule has 6 N–H and O–H groups in total. The van der Waals surface area contributed by atoms with Gasteiger partial charge in [0, 0.05) is 25.2 Å². The monoisotopic (exact) mass is 331 g/mol. The first-order chi connectivity index (χ1) is 10.9. The van der Waals surface area contributed by atoms with E-state index in [0.29, 0.717) is 5.75 Å². The largest absolute Gasteiger partial charge is 0.497 e. The second kappa shape index (κ2) is 9.10. The molecule has 0 bridgehead atoms. The number of nitro benzene ring substituents is 1. The lowest BCUT2D eigenvalue weighted by molar-refractivity contribution is -0.383. The van der Waals surface area contributed by atoms with E-state index in [4.69, 9.17) is 14.9 Å². The molecule has 0 saturated carbocycles. The van der Waals surface area contributed by atoms with Crippen LogP contribution in [0.1, 0.15) is 0 Å². The Kier molecular flexibility index (Phi) is 7.48. The summed E-state index contributed by atoms with van der Waals surface area (Å²) in [6.45, 7) is -1.16. The number of aliphatic hydroxyl groups excluding tert-OH is 4. The molecule has 130 valence electrons. The standard InChI is InChI=1S/C13H21N3O7/c1-23-10-2-11(14-4-8(19)6-17)13(16(21)22)12(3-10)15-5-9(20)7-18/h2-3,8-9,14-15,17-20H,4-7H2,1H3. The van der Waals surface area contributed by atoms with Gasteiger partial charge in [0.25, 0.3) is 0 Å². The van der Waals surface area contributed by atoms with Crippen LogP contribution in [-0.2, 0) is 0 Å². The molecule has 10 heteroatoms. The number of anilines is 2. The summed E-state index contributed by atoms with van der Waals surface area (Å²) in [6, 6.07) is 2.77. The number of benzene rings is 1. The zero-order valence-electron chi connectivity index (χ0n) is 12.6. The van der Waals surface area contributed by atoms with Gasteiger partial charge in [0.1, 0.15) is 17.1 Å². The molecule has 0 aliphatic rings. The quantitative estimate of drug-likeness (QED) is 0.237. The van der Waals surface area contributed by atoms with Gasteiger partial charge in [-0.05, 0) is 0 Å². The Balaban J connectivity index is 3.12. The highest BCUT2D eigenvalue weighted by molar-refractivity contribution is 5.78. The molecule has 0 spiro atoms. The maximum Gasteiger partial charge on any atom is 0.315 e. The third-order valence-corrected chi connectivity index (χ3v) is 2.98. The van der Waals surface area contributed by atoms with Gasteiger partial charge in [0.05, 0.1) is 37.5 Å². The maximum atomic E-state index is 11.3. The molecule has 0 aromatic heterocycles. The Morgan fingerprint density at radius 2 is 1.57 bits per heavy atom. The van der Waals surface area contributed by atoms with Gasteiger partial charge in [-0.3, -0.25) is 10.1 Å². The number of nitro groups is 1. The number of nitrogens with one attached hydrogen (secondary N) is 2. The normalized spacial score (nSPS) is 13.3. The van der Waals surface area contributed by atoms with E-state index < -0.39 is 30.3 Å². The molecular weight excluding hydrogens is 310 g/mol. The van der Waals surface area contributed by atoms with E-state index in [1.54, 1.807) is 0 Å². The summed E-state index contributed by atoms with van der Waals surface area (Å²) in [5.74, 6) is 0.317. The van der Waals surface area contributed by atoms with Gasteiger partial charge >= 0.3 is 5.69 Å². The zero-order valence-corrected chi connectivity index (χ0v) is 12.6. The predicted molar refractivity (Wildman–Crippen MR) is 82.8 cm³/mol. The molecule has 0 amide bonds. The highest BCUT2D eigenvalue weighted by atomic mass is 16.6. The van der Waals surface area contributed by atoms with E-state index >= 15 is 0 Å². The summed E-state index contributed by atoms with van der Waals surface area (Å²) in [5.41, 5.74) is -0.133. The SMILES string of the molecule is COc1cc(NCC(O)CO)c([N+](=O)[O-])c(NCC(O)CO)c1. The van der Waals surface area contributed by atoms with Crippen LogP contribution in [-0.4, -0.2) is 71.0 Å². The van der Waals surface area contributed by atoms with Crippen LogP contribution >= 0.6 is 0 Å². The molecule has 2 unspecified atom stereocenters. The van der Waals surface area contributed by atoms with Gasteiger partial charge in [-0.1, -0.05) is 0 Å². The van der Waals surface area contributed by atoms with Gasteiger partial charge in [0.15, 0.2) is 0 Å². The van der Waals surface area contributed by atoms with Crippen LogP contribution < -0.4 is 15.4 Å². The first kappa shape index (κ1) is 18.9. The Bertz CT molecular complexity index is 491. The van der Waals surface area contributed by atoms with Crippen molar-refractivity contribution in [3.05, 3.63) is 22.2 Å². The van der Waals surface area contributed by atoms with Crippen LogP contribution in [0.25, 0.3) is 0 Å². The van der Waals surface area contributed by atoms with E-state index in [1.165, 1.54) is 19.2 Å². The number of ether oxygens (including phenoxy) is 1. The van der Waals surface area contributed by atoms with E-state index in [1.807, 2.05) is 0 Å².